The molecular weight excluding hydrogens is 338 g/mol. The third-order valence-electron chi connectivity index (χ3n) is 3.40. The Balaban J connectivity index is 2.18. The molecule has 0 saturated carbocycles. The smallest absolute Gasteiger partial charge is 0.131 e. The third-order valence-corrected chi connectivity index (χ3v) is 3.86. The minimum atomic E-state index is -1.03. The van der Waals surface area contributed by atoms with E-state index in [0.717, 1.165) is 0 Å². The van der Waals surface area contributed by atoms with Gasteiger partial charge in [-0.1, -0.05) is 46.3 Å². The van der Waals surface area contributed by atoms with E-state index in [9.17, 15) is 13.9 Å². The monoisotopic (exact) mass is 348 g/mol. The molecule has 0 aliphatic heterocycles. The molecule has 21 heavy (non-hydrogen) atoms. The molecule has 3 rings (SSSR count). The van der Waals surface area contributed by atoms with Gasteiger partial charge in [-0.3, -0.25) is 0 Å². The van der Waals surface area contributed by atoms with E-state index >= 15 is 0 Å². The second-order valence-electron chi connectivity index (χ2n) is 4.79. The summed E-state index contributed by atoms with van der Waals surface area (Å²) in [6.07, 6.45) is -1.03. The Morgan fingerprint density at radius 2 is 1.62 bits per heavy atom. The Hall–Kier alpha value is -1.78. The summed E-state index contributed by atoms with van der Waals surface area (Å²) in [7, 11) is 0. The van der Waals surface area contributed by atoms with Crippen LogP contribution in [0, 0.1) is 11.6 Å². The van der Waals surface area contributed by atoms with Crippen LogP contribution in [0.5, 0.6) is 0 Å². The van der Waals surface area contributed by atoms with Gasteiger partial charge in [0, 0.05) is 9.86 Å². The molecule has 1 unspecified atom stereocenters. The van der Waals surface area contributed by atoms with Gasteiger partial charge in [0.05, 0.1) is 0 Å². The second-order valence-corrected chi connectivity index (χ2v) is 5.70. The fourth-order valence-corrected chi connectivity index (χ4v) is 2.92. The first-order valence-corrected chi connectivity index (χ1v) is 7.17. The zero-order valence-electron chi connectivity index (χ0n) is 10.9. The van der Waals surface area contributed by atoms with Crippen LogP contribution in [0.15, 0.2) is 59.1 Å². The molecule has 3 aromatic carbocycles. The van der Waals surface area contributed by atoms with Crippen molar-refractivity contribution in [3.8, 4) is 0 Å². The maximum Gasteiger partial charge on any atom is 0.131 e. The Kier molecular flexibility index (Phi) is 3.74. The van der Waals surface area contributed by atoms with Crippen molar-refractivity contribution < 1.29 is 13.9 Å². The van der Waals surface area contributed by atoms with E-state index in [1.807, 2.05) is 0 Å². The van der Waals surface area contributed by atoms with Crippen molar-refractivity contribution in [1.29, 1.82) is 0 Å². The summed E-state index contributed by atoms with van der Waals surface area (Å²) >= 11 is 3.20. The zero-order valence-corrected chi connectivity index (χ0v) is 12.4. The van der Waals surface area contributed by atoms with E-state index in [4.69, 9.17) is 0 Å². The van der Waals surface area contributed by atoms with Crippen LogP contribution in [0.1, 0.15) is 17.2 Å². The van der Waals surface area contributed by atoms with Gasteiger partial charge in [-0.25, -0.2) is 8.78 Å². The number of hydrogen-bond donors (Lipinski definition) is 1. The summed E-state index contributed by atoms with van der Waals surface area (Å²) < 4.78 is 27.8. The van der Waals surface area contributed by atoms with Crippen LogP contribution in [-0.2, 0) is 0 Å². The SMILES string of the molecule is OC(c1cc(F)cc(Br)c1)c1ccc(F)c2ccccc12. The summed E-state index contributed by atoms with van der Waals surface area (Å²) in [6.45, 7) is 0. The molecule has 1 atom stereocenters. The maximum atomic E-state index is 13.8. The summed E-state index contributed by atoms with van der Waals surface area (Å²) in [4.78, 5) is 0. The van der Waals surface area contributed by atoms with Crippen LogP contribution >= 0.6 is 15.9 Å². The topological polar surface area (TPSA) is 20.2 Å². The fourth-order valence-electron chi connectivity index (χ4n) is 2.44. The van der Waals surface area contributed by atoms with Crippen LogP contribution in [0.3, 0.4) is 0 Å². The molecule has 4 heteroatoms. The summed E-state index contributed by atoms with van der Waals surface area (Å²) in [5.74, 6) is -0.785. The van der Waals surface area contributed by atoms with E-state index < -0.39 is 11.9 Å². The number of rotatable bonds is 2. The van der Waals surface area contributed by atoms with E-state index in [1.54, 1.807) is 30.3 Å². The highest BCUT2D eigenvalue weighted by Gasteiger charge is 2.16. The predicted octanol–water partition coefficient (Wildman–Crippen LogP) is 4.96. The van der Waals surface area contributed by atoms with Crippen LogP contribution in [-0.4, -0.2) is 5.11 Å². The van der Waals surface area contributed by atoms with Crippen LogP contribution in [0.25, 0.3) is 10.8 Å². The Morgan fingerprint density at radius 1 is 0.905 bits per heavy atom. The summed E-state index contributed by atoms with van der Waals surface area (Å²) in [5, 5.41) is 11.6. The molecule has 1 N–H and O–H groups in total. The Morgan fingerprint density at radius 3 is 2.33 bits per heavy atom. The van der Waals surface area contributed by atoms with Crippen molar-refractivity contribution in [2.75, 3.05) is 0 Å². The minimum Gasteiger partial charge on any atom is -0.384 e. The lowest BCUT2D eigenvalue weighted by molar-refractivity contribution is 0.221. The first-order chi connectivity index (χ1) is 10.1. The maximum absolute atomic E-state index is 13.8. The molecule has 0 saturated heterocycles. The summed E-state index contributed by atoms with van der Waals surface area (Å²) in [5.41, 5.74) is 0.961. The quantitative estimate of drug-likeness (QED) is 0.693. The molecule has 3 aromatic rings. The highest BCUT2D eigenvalue weighted by Crippen LogP contribution is 2.31. The molecular formula is C17H11BrF2O. The highest BCUT2D eigenvalue weighted by molar-refractivity contribution is 9.10. The van der Waals surface area contributed by atoms with Gasteiger partial charge >= 0.3 is 0 Å². The molecule has 0 fully saturated rings. The molecule has 0 spiro atoms. The van der Waals surface area contributed by atoms with Crippen molar-refractivity contribution in [2.45, 2.75) is 6.10 Å². The normalized spacial score (nSPS) is 12.6. The van der Waals surface area contributed by atoms with E-state index in [1.165, 1.54) is 24.3 Å². The molecule has 0 bridgehead atoms. The van der Waals surface area contributed by atoms with Crippen LogP contribution in [0.4, 0.5) is 8.78 Å². The van der Waals surface area contributed by atoms with Crippen molar-refractivity contribution >= 4 is 26.7 Å². The first-order valence-electron chi connectivity index (χ1n) is 6.37. The van der Waals surface area contributed by atoms with Gasteiger partial charge in [-0.15, -0.1) is 0 Å². The average molecular weight is 349 g/mol. The van der Waals surface area contributed by atoms with E-state index in [-0.39, 0.29) is 5.82 Å². The fraction of sp³-hybridized carbons (Fsp3) is 0.0588. The Labute approximate surface area is 129 Å². The third kappa shape index (κ3) is 2.69. The van der Waals surface area contributed by atoms with Gasteiger partial charge < -0.3 is 5.11 Å². The molecule has 0 aliphatic carbocycles. The molecule has 106 valence electrons. The second kappa shape index (κ2) is 5.54. The van der Waals surface area contributed by atoms with Crippen LogP contribution < -0.4 is 0 Å². The largest absolute Gasteiger partial charge is 0.384 e. The first kappa shape index (κ1) is 14.2. The lowest BCUT2D eigenvalue weighted by atomic mass is 9.95. The van der Waals surface area contributed by atoms with E-state index in [2.05, 4.69) is 15.9 Å². The molecule has 0 heterocycles. The number of benzene rings is 3. The van der Waals surface area contributed by atoms with Crippen molar-refractivity contribution in [1.82, 2.24) is 0 Å². The average Bonchev–Trinajstić information content (AvgIpc) is 2.46. The number of aliphatic hydroxyl groups is 1. The van der Waals surface area contributed by atoms with E-state index in [0.29, 0.717) is 26.4 Å². The Bertz CT molecular complexity index is 797. The van der Waals surface area contributed by atoms with Gasteiger partial charge in [-0.05, 0) is 40.8 Å². The zero-order chi connectivity index (χ0) is 15.0. The van der Waals surface area contributed by atoms with Gasteiger partial charge in [-0.2, -0.15) is 0 Å². The minimum absolute atomic E-state index is 0.345. The lowest BCUT2D eigenvalue weighted by Gasteiger charge is -2.15. The summed E-state index contributed by atoms with van der Waals surface area (Å²) in [6, 6.07) is 14.0. The molecule has 1 nitrogen and oxygen atoms in total. The highest BCUT2D eigenvalue weighted by atomic mass is 79.9. The van der Waals surface area contributed by atoms with Gasteiger partial charge in [0.25, 0.3) is 0 Å². The van der Waals surface area contributed by atoms with Crippen LogP contribution in [0.2, 0.25) is 0 Å². The van der Waals surface area contributed by atoms with Gasteiger partial charge in [0.2, 0.25) is 0 Å². The number of fused-ring (bicyclic) bond motifs is 1. The van der Waals surface area contributed by atoms with Crippen molar-refractivity contribution in [2.24, 2.45) is 0 Å². The molecule has 0 radical (unpaired) electrons. The number of halogens is 3. The molecule has 0 aliphatic rings. The van der Waals surface area contributed by atoms with Crippen molar-refractivity contribution in [3.05, 3.63) is 81.8 Å². The van der Waals surface area contributed by atoms with Crippen molar-refractivity contribution in [3.63, 3.8) is 0 Å². The predicted molar refractivity (Wildman–Crippen MR) is 82.1 cm³/mol. The molecule has 0 amide bonds. The number of aliphatic hydroxyl groups excluding tert-OH is 1. The molecule has 0 aromatic heterocycles. The van der Waals surface area contributed by atoms with Gasteiger partial charge in [0.15, 0.2) is 0 Å². The standard InChI is InChI=1S/C17H11BrF2O/c18-11-7-10(8-12(19)9-11)17(21)15-5-6-16(20)14-4-2-1-3-13(14)15/h1-9,17,21H. The lowest BCUT2D eigenvalue weighted by Crippen LogP contribution is -2.02. The number of hydrogen-bond acceptors (Lipinski definition) is 1. The van der Waals surface area contributed by atoms with Gasteiger partial charge in [0.1, 0.15) is 17.7 Å².